The zero-order valence-electron chi connectivity index (χ0n) is 17.1. The van der Waals surface area contributed by atoms with Crippen molar-refractivity contribution in [1.82, 2.24) is 10.2 Å². The summed E-state index contributed by atoms with van der Waals surface area (Å²) >= 11 is 0. The van der Waals surface area contributed by atoms with Gasteiger partial charge in [0, 0.05) is 5.56 Å². The van der Waals surface area contributed by atoms with Crippen molar-refractivity contribution in [2.24, 2.45) is 5.73 Å². The molecule has 2 heterocycles. The van der Waals surface area contributed by atoms with Crippen molar-refractivity contribution in [3.63, 3.8) is 0 Å². The van der Waals surface area contributed by atoms with Gasteiger partial charge in [0.05, 0.1) is 51.5 Å². The molecule has 0 spiro atoms. The largest absolute Gasteiger partial charge is 0.493 e. The second-order valence-corrected chi connectivity index (χ2v) is 6.25. The predicted molar refractivity (Wildman–Crippen MR) is 104 cm³/mol. The van der Waals surface area contributed by atoms with Gasteiger partial charge in [-0.2, -0.15) is 5.26 Å². The molecule has 3 N–H and O–H groups in total. The number of fused-ring (bicyclic) bond motifs is 1. The Morgan fingerprint density at radius 2 is 2.00 bits per heavy atom. The monoisotopic (exact) mass is 414 g/mol. The molecule has 0 saturated heterocycles. The maximum atomic E-state index is 12.1. The zero-order chi connectivity index (χ0) is 21.8. The highest BCUT2D eigenvalue weighted by atomic mass is 16.5. The van der Waals surface area contributed by atoms with Gasteiger partial charge in [-0.15, -0.1) is 5.10 Å². The normalized spacial score (nSPS) is 15.0. The molecule has 0 saturated carbocycles. The minimum Gasteiger partial charge on any atom is -0.493 e. The van der Waals surface area contributed by atoms with Gasteiger partial charge in [-0.1, -0.05) is 6.07 Å². The molecule has 10 heteroatoms. The quantitative estimate of drug-likeness (QED) is 0.648. The maximum Gasteiger partial charge on any atom is 0.311 e. The van der Waals surface area contributed by atoms with Crippen molar-refractivity contribution in [3.05, 3.63) is 40.4 Å². The number of aromatic amines is 1. The van der Waals surface area contributed by atoms with Crippen LogP contribution in [0.1, 0.15) is 29.7 Å². The van der Waals surface area contributed by atoms with Gasteiger partial charge in [-0.05, 0) is 13.0 Å². The summed E-state index contributed by atoms with van der Waals surface area (Å²) in [5.41, 5.74) is 7.68. The summed E-state index contributed by atoms with van der Waals surface area (Å²) in [6.07, 6.45) is -0.0791. The maximum absolute atomic E-state index is 12.1. The summed E-state index contributed by atoms with van der Waals surface area (Å²) < 4.78 is 27.0. The van der Waals surface area contributed by atoms with Crippen molar-refractivity contribution in [1.29, 1.82) is 5.26 Å². The highest BCUT2D eigenvalue weighted by molar-refractivity contribution is 5.74. The van der Waals surface area contributed by atoms with E-state index in [1.165, 1.54) is 21.3 Å². The Labute approximate surface area is 173 Å². The van der Waals surface area contributed by atoms with Crippen LogP contribution in [0.4, 0.5) is 0 Å². The first-order chi connectivity index (χ1) is 14.5. The number of benzene rings is 1. The minimum atomic E-state index is -0.711. The fourth-order valence-corrected chi connectivity index (χ4v) is 3.46. The number of nitrogens with zero attached hydrogens (tertiary/aromatic N) is 2. The fourth-order valence-electron chi connectivity index (χ4n) is 3.46. The van der Waals surface area contributed by atoms with E-state index in [9.17, 15) is 10.1 Å². The fraction of sp³-hybridized carbons (Fsp3) is 0.350. The molecule has 0 amide bonds. The minimum absolute atomic E-state index is 0.0791. The first kappa shape index (κ1) is 20.9. The van der Waals surface area contributed by atoms with Gasteiger partial charge in [-0.25, -0.2) is 0 Å². The summed E-state index contributed by atoms with van der Waals surface area (Å²) in [6, 6.07) is 5.54. The molecule has 0 radical (unpaired) electrons. The lowest BCUT2D eigenvalue weighted by Gasteiger charge is -2.26. The summed E-state index contributed by atoms with van der Waals surface area (Å²) in [6.45, 7) is 1.97. The molecule has 3 rings (SSSR count). The number of nitrogens with two attached hydrogens (primary N) is 1. The molecule has 1 atom stereocenters. The summed E-state index contributed by atoms with van der Waals surface area (Å²) in [4.78, 5) is 12.1. The number of hydrogen-bond acceptors (Lipinski definition) is 9. The summed E-state index contributed by atoms with van der Waals surface area (Å²) in [5.74, 6) is 0.114. The Hall–Kier alpha value is -3.87. The van der Waals surface area contributed by atoms with E-state index >= 15 is 0 Å². The van der Waals surface area contributed by atoms with Crippen LogP contribution in [0.25, 0.3) is 0 Å². The number of aromatic nitrogens is 2. The van der Waals surface area contributed by atoms with Crippen LogP contribution < -0.4 is 24.7 Å². The first-order valence-corrected chi connectivity index (χ1v) is 9.09. The van der Waals surface area contributed by atoms with Gasteiger partial charge in [-0.3, -0.25) is 9.89 Å². The number of nitrogens with one attached hydrogen (secondary N) is 1. The molecule has 0 fully saturated rings. The summed E-state index contributed by atoms with van der Waals surface area (Å²) in [7, 11) is 4.48. The van der Waals surface area contributed by atoms with E-state index in [-0.39, 0.29) is 30.4 Å². The van der Waals surface area contributed by atoms with Crippen molar-refractivity contribution in [3.8, 4) is 29.2 Å². The Kier molecular flexibility index (Phi) is 6.01. The van der Waals surface area contributed by atoms with Crippen molar-refractivity contribution in [2.45, 2.75) is 19.3 Å². The van der Waals surface area contributed by atoms with Crippen LogP contribution in [0.3, 0.4) is 0 Å². The van der Waals surface area contributed by atoms with Gasteiger partial charge in [0.15, 0.2) is 11.5 Å². The van der Waals surface area contributed by atoms with Crippen molar-refractivity contribution in [2.75, 3.05) is 27.9 Å². The van der Waals surface area contributed by atoms with E-state index in [1.807, 2.05) is 0 Å². The van der Waals surface area contributed by atoms with Crippen LogP contribution in [0.2, 0.25) is 0 Å². The Morgan fingerprint density at radius 1 is 1.27 bits per heavy atom. The molecule has 0 bridgehead atoms. The number of hydrogen-bond donors (Lipinski definition) is 2. The molecule has 0 unspecified atom stereocenters. The van der Waals surface area contributed by atoms with E-state index in [0.29, 0.717) is 34.1 Å². The third-order valence-corrected chi connectivity index (χ3v) is 4.69. The number of allylic oxidation sites excluding steroid dienone is 1. The number of methoxy groups -OCH3 is 3. The van der Waals surface area contributed by atoms with Crippen LogP contribution in [-0.4, -0.2) is 44.1 Å². The Bertz CT molecular complexity index is 1040. The number of ether oxygens (including phenoxy) is 5. The van der Waals surface area contributed by atoms with Crippen LogP contribution in [0.15, 0.2) is 23.6 Å². The average molecular weight is 414 g/mol. The number of nitriles is 1. The predicted octanol–water partition coefficient (Wildman–Crippen LogP) is 1.76. The van der Waals surface area contributed by atoms with Crippen LogP contribution >= 0.6 is 0 Å². The van der Waals surface area contributed by atoms with E-state index in [2.05, 4.69) is 16.3 Å². The lowest BCUT2D eigenvalue weighted by atomic mass is 9.83. The lowest BCUT2D eigenvalue weighted by molar-refractivity contribution is -0.142. The van der Waals surface area contributed by atoms with Gasteiger partial charge >= 0.3 is 5.97 Å². The number of rotatable bonds is 7. The smallest absolute Gasteiger partial charge is 0.311 e. The second kappa shape index (κ2) is 8.65. The highest BCUT2D eigenvalue weighted by Crippen LogP contribution is 2.50. The molecule has 1 aromatic heterocycles. The first-order valence-electron chi connectivity index (χ1n) is 9.09. The molecule has 1 aliphatic rings. The average Bonchev–Trinajstić information content (AvgIpc) is 3.13. The van der Waals surface area contributed by atoms with Gasteiger partial charge in [0.2, 0.25) is 17.5 Å². The molecule has 158 valence electrons. The number of carbonyl (C=O) groups excluding carboxylic acids is 1. The van der Waals surface area contributed by atoms with Gasteiger partial charge in [0.1, 0.15) is 11.6 Å². The van der Waals surface area contributed by atoms with Crippen LogP contribution in [0.5, 0.6) is 23.1 Å². The Balaban J connectivity index is 2.23. The zero-order valence-corrected chi connectivity index (χ0v) is 17.1. The molecular formula is C20H22N4O6. The van der Waals surface area contributed by atoms with Crippen LogP contribution in [-0.2, 0) is 16.0 Å². The molecule has 2 aromatic rings. The lowest BCUT2D eigenvalue weighted by Crippen LogP contribution is -2.22. The van der Waals surface area contributed by atoms with E-state index < -0.39 is 11.9 Å². The molecule has 0 aliphatic carbocycles. The number of H-pyrrole nitrogens is 1. The third kappa shape index (κ3) is 3.45. The van der Waals surface area contributed by atoms with E-state index in [0.717, 1.165) is 0 Å². The molecule has 30 heavy (non-hydrogen) atoms. The highest BCUT2D eigenvalue weighted by Gasteiger charge is 2.38. The van der Waals surface area contributed by atoms with E-state index in [1.54, 1.807) is 19.1 Å². The summed E-state index contributed by atoms with van der Waals surface area (Å²) in [5, 5.41) is 16.7. The number of carbonyl (C=O) groups is 1. The van der Waals surface area contributed by atoms with Crippen molar-refractivity contribution < 1.29 is 28.5 Å². The van der Waals surface area contributed by atoms with Crippen molar-refractivity contribution >= 4 is 5.97 Å². The topological polar surface area (TPSA) is 142 Å². The van der Waals surface area contributed by atoms with Gasteiger partial charge < -0.3 is 29.4 Å². The third-order valence-electron chi connectivity index (χ3n) is 4.69. The van der Waals surface area contributed by atoms with Gasteiger partial charge in [0.25, 0.3) is 0 Å². The molecular weight excluding hydrogens is 392 g/mol. The van der Waals surface area contributed by atoms with E-state index in [4.69, 9.17) is 29.4 Å². The molecule has 1 aromatic carbocycles. The van der Waals surface area contributed by atoms with Crippen LogP contribution in [0, 0.1) is 11.3 Å². The Morgan fingerprint density at radius 3 is 2.60 bits per heavy atom. The standard InChI is InChI=1S/C20H22N4O6/c1-5-29-14(25)8-12-16-15(11(9-21)19(22)30-20(16)24-23-12)10-6-7-13(26-2)18(28-4)17(10)27-3/h6-7,15H,5,8,22H2,1-4H3,(H,23,24)/t15-/m0/s1. The SMILES string of the molecule is CCOC(=O)Cc1[nH]nc2c1[C@@H](c1ccc(OC)c(OC)c1OC)C(C#N)=C(N)O2. The second-order valence-electron chi connectivity index (χ2n) is 6.25. The molecule has 1 aliphatic heterocycles. The molecule has 10 nitrogen and oxygen atoms in total. The number of esters is 1.